The van der Waals surface area contributed by atoms with Crippen molar-refractivity contribution in [2.45, 2.75) is 0 Å². The van der Waals surface area contributed by atoms with Crippen LogP contribution in [0.3, 0.4) is 0 Å². The van der Waals surface area contributed by atoms with E-state index in [9.17, 15) is 5.11 Å². The van der Waals surface area contributed by atoms with Crippen molar-refractivity contribution >= 4 is 22.7 Å². The SMILES string of the molecule is Br.C[N+](C)(C)c1cccc([O-])c1. The minimum Gasteiger partial charge on any atom is -0.872 e. The summed E-state index contributed by atoms with van der Waals surface area (Å²) in [4.78, 5) is 0. The van der Waals surface area contributed by atoms with Gasteiger partial charge in [-0.2, -0.15) is 0 Å². The summed E-state index contributed by atoms with van der Waals surface area (Å²) >= 11 is 0. The quantitative estimate of drug-likeness (QED) is 0.673. The molecule has 0 aliphatic rings. The standard InChI is InChI=1S/C9H13NO.BrH/c1-10(2,3)8-5-4-6-9(11)7-8;/h4-7H,1-3H3;1H. The van der Waals surface area contributed by atoms with Gasteiger partial charge >= 0.3 is 0 Å². The van der Waals surface area contributed by atoms with E-state index in [2.05, 4.69) is 0 Å². The van der Waals surface area contributed by atoms with Crippen LogP contribution in [-0.2, 0) is 0 Å². The highest BCUT2D eigenvalue weighted by atomic mass is 79.9. The van der Waals surface area contributed by atoms with Gasteiger partial charge in [0.25, 0.3) is 0 Å². The molecule has 68 valence electrons. The molecule has 2 nitrogen and oxygen atoms in total. The maximum atomic E-state index is 10.9. The van der Waals surface area contributed by atoms with E-state index in [4.69, 9.17) is 0 Å². The summed E-state index contributed by atoms with van der Waals surface area (Å²) in [7, 11) is 6.11. The smallest absolute Gasteiger partial charge is 0.131 e. The fourth-order valence-corrected chi connectivity index (χ4v) is 0.901. The monoisotopic (exact) mass is 231 g/mol. The normalized spacial score (nSPS) is 10.6. The molecule has 0 unspecified atom stereocenters. The Morgan fingerprint density at radius 3 is 2.08 bits per heavy atom. The molecular weight excluding hydrogens is 218 g/mol. The molecule has 0 radical (unpaired) electrons. The highest BCUT2D eigenvalue weighted by Crippen LogP contribution is 2.19. The van der Waals surface area contributed by atoms with Crippen molar-refractivity contribution in [2.75, 3.05) is 21.1 Å². The van der Waals surface area contributed by atoms with Crippen LogP contribution in [0.2, 0.25) is 0 Å². The largest absolute Gasteiger partial charge is 0.872 e. The maximum absolute atomic E-state index is 10.9. The van der Waals surface area contributed by atoms with Crippen LogP contribution in [0.4, 0.5) is 5.69 Å². The van der Waals surface area contributed by atoms with Gasteiger partial charge in [-0.1, -0.05) is 12.1 Å². The molecule has 0 saturated heterocycles. The lowest BCUT2D eigenvalue weighted by Gasteiger charge is -2.24. The third-order valence-electron chi connectivity index (χ3n) is 1.59. The minimum absolute atomic E-state index is 0. The first-order valence-corrected chi connectivity index (χ1v) is 3.59. The van der Waals surface area contributed by atoms with E-state index in [-0.39, 0.29) is 22.7 Å². The van der Waals surface area contributed by atoms with Gasteiger partial charge < -0.3 is 5.11 Å². The van der Waals surface area contributed by atoms with Crippen LogP contribution < -0.4 is 9.59 Å². The van der Waals surface area contributed by atoms with E-state index in [0.717, 1.165) is 5.69 Å². The van der Waals surface area contributed by atoms with Gasteiger partial charge in [-0.15, -0.1) is 22.7 Å². The van der Waals surface area contributed by atoms with Gasteiger partial charge in [0.1, 0.15) is 5.69 Å². The Labute approximate surface area is 83.8 Å². The number of hydrogen-bond donors (Lipinski definition) is 0. The Kier molecular flexibility index (Phi) is 3.74. The van der Waals surface area contributed by atoms with E-state index in [1.165, 1.54) is 0 Å². The van der Waals surface area contributed by atoms with Crippen LogP contribution in [0.25, 0.3) is 0 Å². The van der Waals surface area contributed by atoms with Gasteiger partial charge in [-0.05, 0) is 12.1 Å². The Morgan fingerprint density at radius 1 is 1.17 bits per heavy atom. The zero-order valence-corrected chi connectivity index (χ0v) is 9.29. The lowest BCUT2D eigenvalue weighted by Crippen LogP contribution is -2.34. The predicted molar refractivity (Wildman–Crippen MR) is 55.8 cm³/mol. The first-order chi connectivity index (χ1) is 5.00. The summed E-state index contributed by atoms with van der Waals surface area (Å²) in [6.07, 6.45) is 0. The second-order valence-electron chi connectivity index (χ2n) is 3.51. The van der Waals surface area contributed by atoms with Crippen LogP contribution in [0.15, 0.2) is 24.3 Å². The Balaban J connectivity index is 0.00000121. The highest BCUT2D eigenvalue weighted by molar-refractivity contribution is 8.93. The highest BCUT2D eigenvalue weighted by Gasteiger charge is 2.09. The van der Waals surface area contributed by atoms with Crippen molar-refractivity contribution < 1.29 is 5.11 Å². The van der Waals surface area contributed by atoms with E-state index < -0.39 is 0 Å². The van der Waals surface area contributed by atoms with Crippen LogP contribution >= 0.6 is 17.0 Å². The van der Waals surface area contributed by atoms with Crippen molar-refractivity contribution in [2.24, 2.45) is 0 Å². The fourth-order valence-electron chi connectivity index (χ4n) is 0.901. The van der Waals surface area contributed by atoms with Crippen molar-refractivity contribution in [3.63, 3.8) is 0 Å². The lowest BCUT2D eigenvalue weighted by molar-refractivity contribution is -0.268. The molecule has 0 spiro atoms. The average Bonchev–Trinajstić information content (AvgIpc) is 1.86. The fraction of sp³-hybridized carbons (Fsp3) is 0.333. The summed E-state index contributed by atoms with van der Waals surface area (Å²) in [5, 5.41) is 10.9. The molecule has 0 aliphatic heterocycles. The third kappa shape index (κ3) is 2.83. The number of rotatable bonds is 1. The molecule has 0 N–H and O–H groups in total. The molecule has 0 aromatic heterocycles. The molecule has 0 fully saturated rings. The molecule has 0 aliphatic carbocycles. The topological polar surface area (TPSA) is 23.1 Å². The molecule has 0 heterocycles. The van der Waals surface area contributed by atoms with E-state index in [1.807, 2.05) is 27.2 Å². The Morgan fingerprint density at radius 2 is 1.75 bits per heavy atom. The first-order valence-electron chi connectivity index (χ1n) is 3.59. The van der Waals surface area contributed by atoms with E-state index in [0.29, 0.717) is 4.48 Å². The predicted octanol–water partition coefficient (Wildman–Crippen LogP) is 1.53. The molecule has 0 saturated carbocycles. The molecule has 3 heteroatoms. The van der Waals surface area contributed by atoms with Crippen molar-refractivity contribution in [1.82, 2.24) is 4.48 Å². The average molecular weight is 232 g/mol. The molecule has 1 rings (SSSR count). The molecule has 0 amide bonds. The number of benzene rings is 1. The van der Waals surface area contributed by atoms with Gasteiger partial charge in [-0.25, -0.2) is 0 Å². The molecule has 1 aromatic rings. The molecule has 0 atom stereocenters. The van der Waals surface area contributed by atoms with Gasteiger partial charge in [0.05, 0.1) is 21.1 Å². The maximum Gasteiger partial charge on any atom is 0.131 e. The van der Waals surface area contributed by atoms with E-state index in [1.54, 1.807) is 18.2 Å². The van der Waals surface area contributed by atoms with Crippen molar-refractivity contribution in [3.8, 4) is 5.75 Å². The molecule has 12 heavy (non-hydrogen) atoms. The zero-order chi connectivity index (χ0) is 8.48. The van der Waals surface area contributed by atoms with Crippen LogP contribution in [0, 0.1) is 0 Å². The summed E-state index contributed by atoms with van der Waals surface area (Å²) in [5.74, 6) is 0.0792. The zero-order valence-electron chi connectivity index (χ0n) is 7.57. The number of hydrogen-bond acceptors (Lipinski definition) is 1. The number of halogens is 1. The van der Waals surface area contributed by atoms with Gasteiger partial charge in [0.2, 0.25) is 0 Å². The van der Waals surface area contributed by atoms with E-state index >= 15 is 0 Å². The first kappa shape index (κ1) is 11.5. The summed E-state index contributed by atoms with van der Waals surface area (Å²) in [6.45, 7) is 0. The van der Waals surface area contributed by atoms with Crippen molar-refractivity contribution in [1.29, 1.82) is 0 Å². The number of quaternary nitrogens is 1. The lowest BCUT2D eigenvalue weighted by atomic mass is 10.2. The van der Waals surface area contributed by atoms with Gasteiger partial charge in [-0.3, -0.25) is 4.48 Å². The van der Waals surface area contributed by atoms with Gasteiger partial charge in [0, 0.05) is 0 Å². The van der Waals surface area contributed by atoms with Crippen LogP contribution in [-0.4, -0.2) is 21.1 Å². The van der Waals surface area contributed by atoms with Crippen LogP contribution in [0.5, 0.6) is 5.75 Å². The summed E-state index contributed by atoms with van der Waals surface area (Å²) in [6, 6.07) is 6.99. The van der Waals surface area contributed by atoms with Crippen LogP contribution in [0.1, 0.15) is 0 Å². The number of nitrogens with zero attached hydrogens (tertiary/aromatic N) is 1. The van der Waals surface area contributed by atoms with Gasteiger partial charge in [0.15, 0.2) is 0 Å². The Hall–Kier alpha value is -0.540. The molecular formula is C9H14BrNO. The molecule has 1 aromatic carbocycles. The third-order valence-corrected chi connectivity index (χ3v) is 1.59. The molecule has 0 bridgehead atoms. The Bertz CT molecular complexity index is 255. The second-order valence-corrected chi connectivity index (χ2v) is 3.51. The van der Waals surface area contributed by atoms with Crippen molar-refractivity contribution in [3.05, 3.63) is 24.3 Å². The second kappa shape index (κ2) is 3.92. The minimum atomic E-state index is 0. The summed E-state index contributed by atoms with van der Waals surface area (Å²) in [5.41, 5.74) is 1.04. The summed E-state index contributed by atoms with van der Waals surface area (Å²) < 4.78 is 0.691.